The van der Waals surface area contributed by atoms with Gasteiger partial charge in [-0.05, 0) is 12.8 Å². The first kappa shape index (κ1) is 7.44. The van der Waals surface area contributed by atoms with E-state index in [1.54, 1.807) is 4.31 Å². The number of carbonyl (C=O) groups excluding carboxylic acids is 1. The molecule has 0 aromatic carbocycles. The monoisotopic (exact) mass is 163 g/mol. The topological polar surface area (TPSA) is 20.3 Å². The maximum Gasteiger partial charge on any atom is 0.203 e. The summed E-state index contributed by atoms with van der Waals surface area (Å²) in [5.41, 5.74) is 0. The lowest BCUT2D eigenvalue weighted by Gasteiger charge is -2.12. The van der Waals surface area contributed by atoms with Crippen LogP contribution in [0.1, 0.15) is 12.8 Å². The molecule has 52 valence electrons. The van der Waals surface area contributed by atoms with E-state index in [4.69, 9.17) is 0 Å². The van der Waals surface area contributed by atoms with E-state index in [-0.39, 0.29) is 11.2 Å². The van der Waals surface area contributed by atoms with E-state index < -0.39 is 0 Å². The Hall–Kier alpha value is 0.330. The van der Waals surface area contributed by atoms with Crippen LogP contribution in [0.3, 0.4) is 0 Å². The average molecular weight is 163 g/mol. The Morgan fingerprint density at radius 1 is 1.67 bits per heavy atom. The Labute approximate surface area is 65.6 Å². The smallest absolute Gasteiger partial charge is 0.203 e. The number of hydrogen-bond acceptors (Lipinski definition) is 3. The van der Waals surface area contributed by atoms with Crippen molar-refractivity contribution < 1.29 is 4.79 Å². The molecule has 0 unspecified atom stereocenters. The molecule has 0 aromatic rings. The van der Waals surface area contributed by atoms with Gasteiger partial charge < -0.3 is 0 Å². The first-order valence-electron chi connectivity index (χ1n) is 2.90. The molecule has 0 aromatic heterocycles. The minimum absolute atomic E-state index is 0.0448. The van der Waals surface area contributed by atoms with Crippen LogP contribution in [0.15, 0.2) is 0 Å². The van der Waals surface area contributed by atoms with Crippen LogP contribution >= 0.6 is 25.4 Å². The highest BCUT2D eigenvalue weighted by Crippen LogP contribution is 2.20. The molecule has 0 saturated carbocycles. The molecule has 0 radical (unpaired) electrons. The fraction of sp³-hybridized carbons (Fsp3) is 0.800. The summed E-state index contributed by atoms with van der Waals surface area (Å²) in [6.07, 6.45) is 1.96. The molecule has 1 aliphatic rings. The largest absolute Gasteiger partial charge is 0.286 e. The molecule has 1 fully saturated rings. The molecule has 9 heavy (non-hydrogen) atoms. The van der Waals surface area contributed by atoms with Gasteiger partial charge >= 0.3 is 0 Å². The van der Waals surface area contributed by atoms with E-state index in [2.05, 4.69) is 25.4 Å². The predicted molar refractivity (Wildman–Crippen MR) is 42.7 cm³/mol. The second-order valence-corrected chi connectivity index (χ2v) is 3.11. The molecule has 1 saturated heterocycles. The summed E-state index contributed by atoms with van der Waals surface area (Å²) in [4.78, 5) is 10.6. The third kappa shape index (κ3) is 1.63. The maximum absolute atomic E-state index is 10.6. The van der Waals surface area contributed by atoms with Crippen LogP contribution in [0.5, 0.6) is 0 Å². The predicted octanol–water partition coefficient (Wildman–Crippen LogP) is 0.752. The van der Waals surface area contributed by atoms with Gasteiger partial charge in [-0.2, -0.15) is 0 Å². The molecule has 4 heteroatoms. The van der Waals surface area contributed by atoms with Gasteiger partial charge in [0.25, 0.3) is 0 Å². The first-order chi connectivity index (χ1) is 4.22. The Bertz CT molecular complexity index is 128. The van der Waals surface area contributed by atoms with Crippen LogP contribution < -0.4 is 0 Å². The summed E-state index contributed by atoms with van der Waals surface area (Å²) >= 11 is 7.81. The second-order valence-electron chi connectivity index (χ2n) is 2.16. The van der Waals surface area contributed by atoms with Gasteiger partial charge in [0.2, 0.25) is 5.12 Å². The maximum atomic E-state index is 10.6. The third-order valence-corrected chi connectivity index (χ3v) is 2.29. The lowest BCUT2D eigenvalue weighted by Crippen LogP contribution is -2.25. The molecule has 0 N–H and O–H groups in total. The lowest BCUT2D eigenvalue weighted by atomic mass is 10.2. The molecule has 0 bridgehead atoms. The third-order valence-electron chi connectivity index (χ3n) is 1.51. The number of nitrogens with zero attached hydrogens (tertiary/aromatic N) is 1. The number of carbonyl (C=O) groups is 1. The molecule has 0 amide bonds. The van der Waals surface area contributed by atoms with Gasteiger partial charge in [0.05, 0.1) is 6.04 Å². The number of hydrogen-bond donors (Lipinski definition) is 2. The molecule has 1 atom stereocenters. The lowest BCUT2D eigenvalue weighted by molar-refractivity contribution is -0.113. The van der Waals surface area contributed by atoms with Crippen molar-refractivity contribution in [1.82, 2.24) is 4.31 Å². The quantitative estimate of drug-likeness (QED) is 0.556. The fourth-order valence-electron chi connectivity index (χ4n) is 1.00. The van der Waals surface area contributed by atoms with E-state index in [0.29, 0.717) is 0 Å². The zero-order chi connectivity index (χ0) is 6.85. The van der Waals surface area contributed by atoms with Gasteiger partial charge in [0, 0.05) is 6.54 Å². The number of rotatable bonds is 1. The Kier molecular flexibility index (Phi) is 2.43. The summed E-state index contributed by atoms with van der Waals surface area (Å²) in [5, 5.41) is -0.0671. The summed E-state index contributed by atoms with van der Waals surface area (Å²) in [7, 11) is 0. The van der Waals surface area contributed by atoms with Crippen LogP contribution in [0, 0.1) is 0 Å². The van der Waals surface area contributed by atoms with Crippen LogP contribution in [-0.4, -0.2) is 22.0 Å². The van der Waals surface area contributed by atoms with E-state index >= 15 is 0 Å². The summed E-state index contributed by atoms with van der Waals surface area (Å²) in [6.45, 7) is 0.903. The van der Waals surface area contributed by atoms with Crippen molar-refractivity contribution in [3.05, 3.63) is 0 Å². The van der Waals surface area contributed by atoms with Crippen molar-refractivity contribution in [2.75, 3.05) is 6.54 Å². The Morgan fingerprint density at radius 2 is 2.33 bits per heavy atom. The molecular weight excluding hydrogens is 154 g/mol. The zero-order valence-electron chi connectivity index (χ0n) is 4.95. The average Bonchev–Trinajstić information content (AvgIpc) is 2.13. The highest BCUT2D eigenvalue weighted by molar-refractivity contribution is 7.96. The Balaban J connectivity index is 2.49. The summed E-state index contributed by atoms with van der Waals surface area (Å²) in [6, 6.07) is -0.0448. The second kappa shape index (κ2) is 2.94. The SMILES string of the molecule is O=C(S)[C@@H]1CCCN1S. The van der Waals surface area contributed by atoms with Crippen LogP contribution in [-0.2, 0) is 4.79 Å². The van der Waals surface area contributed by atoms with E-state index in [0.717, 1.165) is 19.4 Å². The van der Waals surface area contributed by atoms with Gasteiger partial charge in [-0.3, -0.25) is 4.79 Å². The van der Waals surface area contributed by atoms with E-state index in [9.17, 15) is 4.79 Å². The van der Waals surface area contributed by atoms with Crippen molar-refractivity contribution in [2.45, 2.75) is 18.9 Å². The molecule has 0 aliphatic carbocycles. The summed E-state index contributed by atoms with van der Waals surface area (Å²) in [5.74, 6) is 0. The van der Waals surface area contributed by atoms with Crippen molar-refractivity contribution in [3.63, 3.8) is 0 Å². The zero-order valence-corrected chi connectivity index (χ0v) is 6.74. The molecular formula is C5H9NOS2. The van der Waals surface area contributed by atoms with Gasteiger partial charge in [0.15, 0.2) is 0 Å². The first-order valence-corrected chi connectivity index (χ1v) is 3.75. The molecule has 2 nitrogen and oxygen atoms in total. The van der Waals surface area contributed by atoms with Crippen molar-refractivity contribution in [1.29, 1.82) is 0 Å². The molecule has 1 rings (SSSR count). The van der Waals surface area contributed by atoms with E-state index in [1.807, 2.05) is 0 Å². The molecule has 1 aliphatic heterocycles. The van der Waals surface area contributed by atoms with Gasteiger partial charge in [0.1, 0.15) is 0 Å². The van der Waals surface area contributed by atoms with Gasteiger partial charge in [-0.15, -0.1) is 12.6 Å². The van der Waals surface area contributed by atoms with Crippen LogP contribution in [0.25, 0.3) is 0 Å². The fourth-order valence-corrected chi connectivity index (χ4v) is 1.72. The van der Waals surface area contributed by atoms with Crippen molar-refractivity contribution in [2.24, 2.45) is 0 Å². The van der Waals surface area contributed by atoms with E-state index in [1.165, 1.54) is 0 Å². The normalized spacial score (nSPS) is 28.9. The number of thiol groups is 2. The van der Waals surface area contributed by atoms with Gasteiger partial charge in [-0.25, -0.2) is 4.31 Å². The highest BCUT2D eigenvalue weighted by Gasteiger charge is 2.25. The van der Waals surface area contributed by atoms with Crippen molar-refractivity contribution >= 4 is 30.6 Å². The minimum Gasteiger partial charge on any atom is -0.286 e. The minimum atomic E-state index is -0.0671. The molecule has 0 spiro atoms. The van der Waals surface area contributed by atoms with Crippen molar-refractivity contribution in [3.8, 4) is 0 Å². The summed E-state index contributed by atoms with van der Waals surface area (Å²) < 4.78 is 1.75. The van der Waals surface area contributed by atoms with Crippen LogP contribution in [0.2, 0.25) is 0 Å². The highest BCUT2D eigenvalue weighted by atomic mass is 32.1. The Morgan fingerprint density at radius 3 is 2.56 bits per heavy atom. The molecule has 1 heterocycles. The standard InChI is InChI=1S/C5H9NOS2/c7-5(8)4-2-1-3-6(4)9/h4,9H,1-3H2,(H,7,8)/t4-/m0/s1. The van der Waals surface area contributed by atoms with Crippen LogP contribution in [0.4, 0.5) is 0 Å². The van der Waals surface area contributed by atoms with Gasteiger partial charge in [-0.1, -0.05) is 12.8 Å².